The lowest BCUT2D eigenvalue weighted by Gasteiger charge is -2.34. The number of phenols is 1. The number of fused-ring (bicyclic) bond motifs is 1. The SMILES string of the molecule is CCc1ccc(O)c2c1CC(CC1CC(=O)C(C(C)=O)=C(O)C1CO)CC2=O.O.[HH].[HH]. The lowest BCUT2D eigenvalue weighted by Crippen LogP contribution is -2.35. The van der Waals surface area contributed by atoms with Crippen molar-refractivity contribution < 1.29 is 38.0 Å². The maximum atomic E-state index is 12.7. The summed E-state index contributed by atoms with van der Waals surface area (Å²) in [4.78, 5) is 36.7. The molecule has 3 rings (SSSR count). The van der Waals surface area contributed by atoms with Crippen molar-refractivity contribution in [1.82, 2.24) is 0 Å². The molecule has 0 aliphatic heterocycles. The Bertz CT molecular complexity index is 879. The fourth-order valence-corrected chi connectivity index (χ4v) is 4.77. The van der Waals surface area contributed by atoms with E-state index in [9.17, 15) is 29.7 Å². The monoisotopic (exact) mass is 408 g/mol. The second-order valence-electron chi connectivity index (χ2n) is 7.88. The van der Waals surface area contributed by atoms with Crippen molar-refractivity contribution in [2.24, 2.45) is 17.8 Å². The van der Waals surface area contributed by atoms with Crippen LogP contribution in [0.5, 0.6) is 5.75 Å². The Kier molecular flexibility index (Phi) is 6.97. The molecule has 1 aromatic rings. The normalized spacial score (nSPS) is 24.2. The molecule has 5 N–H and O–H groups in total. The fourth-order valence-electron chi connectivity index (χ4n) is 4.77. The van der Waals surface area contributed by atoms with Gasteiger partial charge in [-0.3, -0.25) is 14.4 Å². The predicted octanol–water partition coefficient (Wildman–Crippen LogP) is 2.36. The van der Waals surface area contributed by atoms with Crippen LogP contribution in [0.15, 0.2) is 23.5 Å². The van der Waals surface area contributed by atoms with E-state index in [0.29, 0.717) is 18.4 Å². The van der Waals surface area contributed by atoms with Crippen LogP contribution in [0.3, 0.4) is 0 Å². The van der Waals surface area contributed by atoms with Crippen molar-refractivity contribution in [3.63, 3.8) is 0 Å². The van der Waals surface area contributed by atoms with Crippen LogP contribution in [0.25, 0.3) is 0 Å². The summed E-state index contributed by atoms with van der Waals surface area (Å²) in [6, 6.07) is 3.39. The van der Waals surface area contributed by atoms with E-state index >= 15 is 0 Å². The molecular formula is C22H32O7. The minimum atomic E-state index is -0.678. The Balaban J connectivity index is 0.00000300. The molecule has 2 aliphatic rings. The molecule has 0 heterocycles. The molecule has 3 unspecified atom stereocenters. The van der Waals surface area contributed by atoms with Crippen molar-refractivity contribution in [2.75, 3.05) is 6.61 Å². The summed E-state index contributed by atoms with van der Waals surface area (Å²) < 4.78 is 0. The van der Waals surface area contributed by atoms with Gasteiger partial charge in [0, 0.05) is 21.6 Å². The summed E-state index contributed by atoms with van der Waals surface area (Å²) in [5, 5.41) is 30.2. The molecule has 7 heteroatoms. The van der Waals surface area contributed by atoms with Crippen molar-refractivity contribution in [1.29, 1.82) is 0 Å². The van der Waals surface area contributed by atoms with Gasteiger partial charge < -0.3 is 20.8 Å². The number of phenolic OH excluding ortho intramolecular Hbond substituents is 1. The highest BCUT2D eigenvalue weighted by molar-refractivity contribution is 6.20. The smallest absolute Gasteiger partial charge is 0.170 e. The largest absolute Gasteiger partial charge is 0.511 e. The highest BCUT2D eigenvalue weighted by atomic mass is 16.3. The van der Waals surface area contributed by atoms with Crippen LogP contribution in [0.2, 0.25) is 0 Å². The highest BCUT2D eigenvalue weighted by Gasteiger charge is 2.40. The van der Waals surface area contributed by atoms with E-state index in [1.54, 1.807) is 6.07 Å². The van der Waals surface area contributed by atoms with E-state index in [4.69, 9.17) is 0 Å². The third kappa shape index (κ3) is 4.11. The van der Waals surface area contributed by atoms with E-state index in [0.717, 1.165) is 17.5 Å². The van der Waals surface area contributed by atoms with Gasteiger partial charge in [-0.15, -0.1) is 0 Å². The van der Waals surface area contributed by atoms with Gasteiger partial charge in [-0.05, 0) is 55.2 Å². The Labute approximate surface area is 172 Å². The number of aliphatic hydroxyl groups is 2. The molecule has 2 aliphatic carbocycles. The minimum Gasteiger partial charge on any atom is -0.511 e. The van der Waals surface area contributed by atoms with Crippen LogP contribution in [-0.2, 0) is 22.4 Å². The summed E-state index contributed by atoms with van der Waals surface area (Å²) in [6.07, 6.45) is 2.15. The van der Waals surface area contributed by atoms with Gasteiger partial charge in [0.15, 0.2) is 17.3 Å². The van der Waals surface area contributed by atoms with E-state index in [1.807, 2.05) is 13.0 Å². The molecule has 0 radical (unpaired) electrons. The Morgan fingerprint density at radius 3 is 2.41 bits per heavy atom. The molecule has 0 spiro atoms. The summed E-state index contributed by atoms with van der Waals surface area (Å²) in [6.45, 7) is 2.86. The van der Waals surface area contributed by atoms with Gasteiger partial charge in [-0.2, -0.15) is 0 Å². The second-order valence-corrected chi connectivity index (χ2v) is 7.88. The lowest BCUT2D eigenvalue weighted by molar-refractivity contribution is -0.123. The molecule has 1 aromatic carbocycles. The molecule has 3 atom stereocenters. The number of hydrogen-bond acceptors (Lipinski definition) is 6. The third-order valence-electron chi connectivity index (χ3n) is 6.10. The third-order valence-corrected chi connectivity index (χ3v) is 6.10. The number of allylic oxidation sites excluding steroid dienone is 1. The molecule has 0 fully saturated rings. The Hall–Kier alpha value is -2.51. The zero-order chi connectivity index (χ0) is 20.6. The van der Waals surface area contributed by atoms with Crippen LogP contribution in [0.4, 0.5) is 0 Å². The Morgan fingerprint density at radius 1 is 1.14 bits per heavy atom. The van der Waals surface area contributed by atoms with Crippen LogP contribution >= 0.6 is 0 Å². The van der Waals surface area contributed by atoms with Gasteiger partial charge in [0.2, 0.25) is 0 Å². The maximum Gasteiger partial charge on any atom is 0.170 e. The quantitative estimate of drug-likeness (QED) is 0.638. The van der Waals surface area contributed by atoms with Crippen LogP contribution < -0.4 is 0 Å². The molecule has 7 nitrogen and oxygen atoms in total. The number of Topliss-reactive ketones (excluding diaryl/α,β-unsaturated/α-hetero) is 3. The number of ketones is 3. The summed E-state index contributed by atoms with van der Waals surface area (Å²) >= 11 is 0. The van der Waals surface area contributed by atoms with E-state index < -0.39 is 17.5 Å². The average Bonchev–Trinajstić information content (AvgIpc) is 2.61. The number of benzene rings is 1. The maximum absolute atomic E-state index is 12.7. The molecule has 0 amide bonds. The van der Waals surface area contributed by atoms with Crippen LogP contribution in [0.1, 0.15) is 57.4 Å². The molecule has 0 aromatic heterocycles. The first-order chi connectivity index (χ1) is 13.3. The molecular weight excluding hydrogens is 376 g/mol. The number of aryl methyl sites for hydroxylation is 1. The molecule has 162 valence electrons. The zero-order valence-corrected chi connectivity index (χ0v) is 16.7. The van der Waals surface area contributed by atoms with Crippen LogP contribution in [-0.4, -0.2) is 44.8 Å². The van der Waals surface area contributed by atoms with Crippen molar-refractivity contribution in [3.8, 4) is 5.75 Å². The molecule has 0 bridgehead atoms. The second kappa shape index (κ2) is 8.88. The summed E-state index contributed by atoms with van der Waals surface area (Å²) in [5.41, 5.74) is 2.07. The van der Waals surface area contributed by atoms with Crippen molar-refractivity contribution in [2.45, 2.75) is 46.0 Å². The van der Waals surface area contributed by atoms with Gasteiger partial charge in [0.1, 0.15) is 11.5 Å². The van der Waals surface area contributed by atoms with E-state index in [2.05, 4.69) is 0 Å². The topological polar surface area (TPSA) is 143 Å². The standard InChI is InChI=1S/C22H26O6.H2O.2H2/c1-3-13-4-5-17(25)21-15(13)7-12(8-18(21)26)6-14-9-19(27)20(11(2)24)22(28)16(14)10-23;;;/h4-5,12,14,16,23,25,28H,3,6-10H2,1-2H3;1H2;2*1H. The number of carbonyl (C=O) groups is 3. The van der Waals surface area contributed by atoms with Gasteiger partial charge in [-0.25, -0.2) is 0 Å². The van der Waals surface area contributed by atoms with Crippen molar-refractivity contribution >= 4 is 17.3 Å². The first kappa shape index (κ1) is 22.8. The van der Waals surface area contributed by atoms with Gasteiger partial charge >= 0.3 is 0 Å². The van der Waals surface area contributed by atoms with E-state index in [1.165, 1.54) is 6.92 Å². The van der Waals surface area contributed by atoms with Gasteiger partial charge in [0.25, 0.3) is 0 Å². The summed E-state index contributed by atoms with van der Waals surface area (Å²) in [7, 11) is 0. The molecule has 0 saturated heterocycles. The van der Waals surface area contributed by atoms with Crippen molar-refractivity contribution in [3.05, 3.63) is 40.2 Å². The number of hydrogen-bond donors (Lipinski definition) is 3. The number of carbonyl (C=O) groups excluding carboxylic acids is 3. The van der Waals surface area contributed by atoms with Gasteiger partial charge in [0.05, 0.1) is 17.7 Å². The molecule has 0 saturated carbocycles. The first-order valence-corrected chi connectivity index (χ1v) is 9.73. The predicted molar refractivity (Wildman–Crippen MR) is 110 cm³/mol. The highest BCUT2D eigenvalue weighted by Crippen LogP contribution is 2.41. The molecule has 29 heavy (non-hydrogen) atoms. The van der Waals surface area contributed by atoms with E-state index in [-0.39, 0.29) is 62.5 Å². The summed E-state index contributed by atoms with van der Waals surface area (Å²) in [5.74, 6) is -2.41. The Morgan fingerprint density at radius 2 is 1.83 bits per heavy atom. The zero-order valence-electron chi connectivity index (χ0n) is 16.7. The van der Waals surface area contributed by atoms with Gasteiger partial charge in [-0.1, -0.05) is 13.0 Å². The average molecular weight is 408 g/mol. The number of rotatable bonds is 5. The first-order valence-electron chi connectivity index (χ1n) is 9.73. The minimum absolute atomic E-state index is 0. The van der Waals surface area contributed by atoms with Crippen LogP contribution in [0, 0.1) is 17.8 Å². The number of aliphatic hydroxyl groups excluding tert-OH is 2. The number of aromatic hydroxyl groups is 1. The lowest BCUT2D eigenvalue weighted by atomic mass is 9.70. The fraction of sp³-hybridized carbons (Fsp3) is 0.500.